The highest BCUT2D eigenvalue weighted by Gasteiger charge is 2.24. The van der Waals surface area contributed by atoms with Gasteiger partial charge in [-0.2, -0.15) is 0 Å². The monoisotopic (exact) mass is 487 g/mol. The summed E-state index contributed by atoms with van der Waals surface area (Å²) >= 11 is 0. The first kappa shape index (κ1) is 23.9. The van der Waals surface area contributed by atoms with E-state index >= 15 is 0 Å². The summed E-state index contributed by atoms with van der Waals surface area (Å²) in [5, 5.41) is 7.74. The summed E-state index contributed by atoms with van der Waals surface area (Å²) in [5.41, 5.74) is 12.9. The van der Waals surface area contributed by atoms with Gasteiger partial charge in [0.15, 0.2) is 0 Å². The number of nitrogens with one attached hydrogen (secondary N) is 2. The summed E-state index contributed by atoms with van der Waals surface area (Å²) in [6.45, 7) is 2.29. The number of likely N-dealkylation sites (N-methyl/N-ethyl adjacent to an activating group) is 1. The number of ether oxygens (including phenoxy) is 2. The molecule has 0 unspecified atom stereocenters. The summed E-state index contributed by atoms with van der Waals surface area (Å²) < 4.78 is 13.5. The molecule has 2 aromatic heterocycles. The van der Waals surface area contributed by atoms with E-state index in [1.54, 1.807) is 13.3 Å². The quantitative estimate of drug-likeness (QED) is 0.303. The van der Waals surface area contributed by atoms with Gasteiger partial charge in [0.25, 0.3) is 0 Å². The molecule has 5 rings (SSSR count). The topological polar surface area (TPSA) is 102 Å². The fraction of sp³-hybridized carbons (Fsp3) is 0.333. The smallest absolute Gasteiger partial charge is 0.227 e. The molecule has 4 N–H and O–H groups in total. The second-order valence-corrected chi connectivity index (χ2v) is 9.25. The SMILES string of the molecule is CNc1cc(OC)c(Nc2nccc(-c3cn(C4COC4)c4ccccc34)n2)c(CCN(C)C)c1N. The molecule has 2 aromatic carbocycles. The maximum atomic E-state index is 6.56. The van der Waals surface area contributed by atoms with Crippen molar-refractivity contribution in [3.8, 4) is 17.0 Å². The Kier molecular flexibility index (Phi) is 6.67. The maximum absolute atomic E-state index is 6.56. The minimum Gasteiger partial charge on any atom is -0.494 e. The summed E-state index contributed by atoms with van der Waals surface area (Å²) in [4.78, 5) is 11.5. The number of hydrogen-bond acceptors (Lipinski definition) is 8. The Morgan fingerprint density at radius 1 is 1.22 bits per heavy atom. The number of benzene rings is 2. The largest absolute Gasteiger partial charge is 0.494 e. The highest BCUT2D eigenvalue weighted by Crippen LogP contribution is 2.40. The fourth-order valence-corrected chi connectivity index (χ4v) is 4.60. The van der Waals surface area contributed by atoms with Crippen LogP contribution >= 0.6 is 0 Å². The van der Waals surface area contributed by atoms with E-state index in [4.69, 9.17) is 20.2 Å². The Bertz CT molecular complexity index is 1380. The zero-order valence-corrected chi connectivity index (χ0v) is 21.2. The van der Waals surface area contributed by atoms with Crippen molar-refractivity contribution in [2.24, 2.45) is 0 Å². The van der Waals surface area contributed by atoms with Gasteiger partial charge in [-0.15, -0.1) is 0 Å². The van der Waals surface area contributed by atoms with Crippen LogP contribution in [0.5, 0.6) is 5.75 Å². The molecule has 1 fully saturated rings. The second-order valence-electron chi connectivity index (χ2n) is 9.25. The van der Waals surface area contributed by atoms with Crippen molar-refractivity contribution in [2.75, 3.05) is 64.4 Å². The number of anilines is 4. The molecule has 0 atom stereocenters. The van der Waals surface area contributed by atoms with Crippen molar-refractivity contribution in [2.45, 2.75) is 12.5 Å². The molecular formula is C27H33N7O2. The zero-order valence-electron chi connectivity index (χ0n) is 21.2. The van der Waals surface area contributed by atoms with Gasteiger partial charge in [0.05, 0.1) is 49.1 Å². The molecule has 0 spiro atoms. The van der Waals surface area contributed by atoms with E-state index in [-0.39, 0.29) is 0 Å². The Hall–Kier alpha value is -3.82. The highest BCUT2D eigenvalue weighted by atomic mass is 16.5. The first-order valence-electron chi connectivity index (χ1n) is 12.1. The van der Waals surface area contributed by atoms with Gasteiger partial charge in [-0.05, 0) is 32.6 Å². The van der Waals surface area contributed by atoms with E-state index in [1.807, 2.05) is 33.3 Å². The molecule has 9 nitrogen and oxygen atoms in total. The summed E-state index contributed by atoms with van der Waals surface area (Å²) in [7, 11) is 7.59. The zero-order chi connectivity index (χ0) is 25.2. The fourth-order valence-electron chi connectivity index (χ4n) is 4.60. The van der Waals surface area contributed by atoms with Gasteiger partial charge < -0.3 is 35.3 Å². The van der Waals surface area contributed by atoms with E-state index in [0.29, 0.717) is 23.4 Å². The van der Waals surface area contributed by atoms with E-state index in [0.717, 1.165) is 59.8 Å². The molecule has 4 aromatic rings. The molecule has 1 aliphatic rings. The van der Waals surface area contributed by atoms with Crippen molar-refractivity contribution in [1.82, 2.24) is 19.4 Å². The first-order valence-corrected chi connectivity index (χ1v) is 12.1. The lowest BCUT2D eigenvalue weighted by atomic mass is 10.0. The third-order valence-electron chi connectivity index (χ3n) is 6.66. The predicted octanol–water partition coefficient (Wildman–Crippen LogP) is 4.15. The first-order chi connectivity index (χ1) is 17.5. The number of nitrogen functional groups attached to an aromatic ring is 1. The van der Waals surface area contributed by atoms with Crippen LogP contribution in [-0.4, -0.2) is 67.4 Å². The summed E-state index contributed by atoms with van der Waals surface area (Å²) in [6.07, 6.45) is 4.69. The third kappa shape index (κ3) is 4.43. The molecule has 3 heterocycles. The summed E-state index contributed by atoms with van der Waals surface area (Å²) in [5.74, 6) is 1.16. The van der Waals surface area contributed by atoms with Crippen LogP contribution < -0.4 is 21.1 Å². The van der Waals surface area contributed by atoms with Crippen LogP contribution in [0.2, 0.25) is 0 Å². The van der Waals surface area contributed by atoms with E-state index in [1.165, 1.54) is 5.52 Å². The third-order valence-corrected chi connectivity index (χ3v) is 6.66. The molecule has 0 radical (unpaired) electrons. The lowest BCUT2D eigenvalue weighted by Crippen LogP contribution is -2.29. The predicted molar refractivity (Wildman–Crippen MR) is 145 cm³/mol. The molecule has 0 amide bonds. The number of methoxy groups -OCH3 is 1. The molecule has 0 aliphatic carbocycles. The maximum Gasteiger partial charge on any atom is 0.227 e. The molecule has 0 saturated carbocycles. The minimum atomic E-state index is 0.347. The average Bonchev–Trinajstić information content (AvgIpc) is 3.22. The Morgan fingerprint density at radius 2 is 2.03 bits per heavy atom. The standard InChI is InChI=1S/C27H33N7O2/c1-29-22-13-24(35-4)26(19(25(22)28)10-12-33(2)3)32-27-30-11-9-21(31-27)20-14-34(17-15-36-16-17)23-8-6-5-7-18(20)23/h5-9,11,13-14,17,29H,10,12,15-16,28H2,1-4H3,(H,30,31,32). The number of para-hydroxylation sites is 1. The highest BCUT2D eigenvalue weighted by molar-refractivity contribution is 5.95. The Labute approximate surface area is 211 Å². The van der Waals surface area contributed by atoms with Crippen molar-refractivity contribution >= 4 is 33.9 Å². The molecule has 188 valence electrons. The van der Waals surface area contributed by atoms with Crippen molar-refractivity contribution < 1.29 is 9.47 Å². The van der Waals surface area contributed by atoms with Gasteiger partial charge in [-0.1, -0.05) is 18.2 Å². The van der Waals surface area contributed by atoms with Gasteiger partial charge in [0.1, 0.15) is 5.75 Å². The average molecular weight is 488 g/mol. The molecule has 0 bridgehead atoms. The van der Waals surface area contributed by atoms with Crippen molar-refractivity contribution in [1.29, 1.82) is 0 Å². The van der Waals surface area contributed by atoms with Crippen LogP contribution in [0.25, 0.3) is 22.2 Å². The lowest BCUT2D eigenvalue weighted by molar-refractivity contribution is -0.0213. The number of nitrogens with zero attached hydrogens (tertiary/aromatic N) is 4. The van der Waals surface area contributed by atoms with Crippen molar-refractivity contribution in [3.05, 3.63) is 54.4 Å². The second kappa shape index (κ2) is 10.0. The van der Waals surface area contributed by atoms with Gasteiger partial charge in [0, 0.05) is 54.1 Å². The van der Waals surface area contributed by atoms with Gasteiger partial charge >= 0.3 is 0 Å². The molecule has 1 saturated heterocycles. The molecule has 36 heavy (non-hydrogen) atoms. The van der Waals surface area contributed by atoms with Crippen LogP contribution in [0, 0.1) is 0 Å². The number of fused-ring (bicyclic) bond motifs is 1. The van der Waals surface area contributed by atoms with Gasteiger partial charge in [-0.25, -0.2) is 9.97 Å². The number of nitrogens with two attached hydrogens (primary N) is 1. The van der Waals surface area contributed by atoms with Crippen LogP contribution in [0.3, 0.4) is 0 Å². The number of hydrogen-bond donors (Lipinski definition) is 3. The van der Waals surface area contributed by atoms with Gasteiger partial charge in [0.2, 0.25) is 5.95 Å². The normalized spacial score (nSPS) is 13.7. The minimum absolute atomic E-state index is 0.347. The molecule has 1 aliphatic heterocycles. The van der Waals surface area contributed by atoms with E-state index < -0.39 is 0 Å². The van der Waals surface area contributed by atoms with E-state index in [9.17, 15) is 0 Å². The molecular weight excluding hydrogens is 454 g/mol. The van der Waals surface area contributed by atoms with Crippen LogP contribution in [-0.2, 0) is 11.2 Å². The lowest BCUT2D eigenvalue weighted by Gasteiger charge is -2.28. The summed E-state index contributed by atoms with van der Waals surface area (Å²) in [6, 6.07) is 12.6. The van der Waals surface area contributed by atoms with Crippen LogP contribution in [0.15, 0.2) is 48.8 Å². The molecule has 9 heteroatoms. The number of aromatic nitrogens is 3. The van der Waals surface area contributed by atoms with E-state index in [2.05, 4.69) is 55.5 Å². The van der Waals surface area contributed by atoms with Crippen LogP contribution in [0.1, 0.15) is 11.6 Å². The number of rotatable bonds is 9. The van der Waals surface area contributed by atoms with Crippen LogP contribution in [0.4, 0.5) is 23.0 Å². The Morgan fingerprint density at radius 3 is 2.72 bits per heavy atom. The van der Waals surface area contributed by atoms with Crippen molar-refractivity contribution in [3.63, 3.8) is 0 Å². The Balaban J connectivity index is 1.55. The van der Waals surface area contributed by atoms with Gasteiger partial charge in [-0.3, -0.25) is 0 Å².